The largest absolute Gasteiger partial charge is 0.356 e. The zero-order chi connectivity index (χ0) is 9.14. The zero-order valence-electron chi connectivity index (χ0n) is 7.46. The highest BCUT2D eigenvalue weighted by Gasteiger charge is 2.01. The molecule has 0 saturated heterocycles. The van der Waals surface area contributed by atoms with Crippen LogP contribution in [0, 0.1) is 6.92 Å². The van der Waals surface area contributed by atoms with Gasteiger partial charge in [0.05, 0.1) is 0 Å². The van der Waals surface area contributed by atoms with Crippen molar-refractivity contribution >= 4 is 5.95 Å². The van der Waals surface area contributed by atoms with Crippen LogP contribution in [0.3, 0.4) is 0 Å². The van der Waals surface area contributed by atoms with Crippen molar-refractivity contribution in [3.05, 3.63) is 16.3 Å². The fourth-order valence-corrected chi connectivity index (χ4v) is 0.874. The number of nitrogens with zero attached hydrogens (tertiary/aromatic N) is 3. The molecule has 1 aromatic heterocycles. The highest BCUT2D eigenvalue weighted by Crippen LogP contribution is 1.95. The Bertz CT molecular complexity index is 331. The normalized spacial score (nSPS) is 9.92. The Balaban J connectivity index is 3.18. The van der Waals surface area contributed by atoms with Gasteiger partial charge in [-0.05, 0) is 13.8 Å². The molecule has 0 spiro atoms. The Kier molecular flexibility index (Phi) is 2.42. The first-order valence-electron chi connectivity index (χ1n) is 3.80. The fraction of sp³-hybridized carbons (Fsp3) is 0.571. The minimum Gasteiger partial charge on any atom is -0.356 e. The molecule has 0 fully saturated rings. The second kappa shape index (κ2) is 3.34. The van der Waals surface area contributed by atoms with Gasteiger partial charge in [0, 0.05) is 13.6 Å². The molecule has 1 N–H and O–H groups in total. The van der Waals surface area contributed by atoms with E-state index in [1.54, 1.807) is 14.0 Å². The molecule has 1 rings (SSSR count). The molecule has 0 bridgehead atoms. The molecule has 66 valence electrons. The third-order valence-electron chi connectivity index (χ3n) is 1.46. The predicted molar refractivity (Wildman–Crippen MR) is 46.2 cm³/mol. The van der Waals surface area contributed by atoms with Gasteiger partial charge >= 0.3 is 5.69 Å². The van der Waals surface area contributed by atoms with E-state index in [4.69, 9.17) is 0 Å². The Morgan fingerprint density at radius 2 is 2.17 bits per heavy atom. The summed E-state index contributed by atoms with van der Waals surface area (Å²) in [6.45, 7) is 4.38. The number of hydrogen-bond donors (Lipinski definition) is 1. The standard InChI is InChI=1S/C7H12N4O/c1-4-8-6-9-5(2)10-7(12)11(6)3/h4H2,1-3H3,(H,8,9,10,12). The maximum absolute atomic E-state index is 11.1. The maximum atomic E-state index is 11.1. The second-order valence-corrected chi connectivity index (χ2v) is 2.47. The maximum Gasteiger partial charge on any atom is 0.351 e. The van der Waals surface area contributed by atoms with E-state index in [1.165, 1.54) is 4.57 Å². The predicted octanol–water partition coefficient (Wildman–Crippen LogP) is -0.0845. The van der Waals surface area contributed by atoms with Crippen LogP contribution in [-0.4, -0.2) is 21.1 Å². The number of nitrogens with one attached hydrogen (secondary N) is 1. The summed E-state index contributed by atoms with van der Waals surface area (Å²) in [6.07, 6.45) is 0. The number of rotatable bonds is 2. The van der Waals surface area contributed by atoms with Crippen LogP contribution in [0.5, 0.6) is 0 Å². The quantitative estimate of drug-likeness (QED) is 0.670. The monoisotopic (exact) mass is 168 g/mol. The molecule has 0 amide bonds. The van der Waals surface area contributed by atoms with Gasteiger partial charge in [0.15, 0.2) is 0 Å². The Morgan fingerprint density at radius 3 is 2.75 bits per heavy atom. The molecule has 5 nitrogen and oxygen atoms in total. The average Bonchev–Trinajstić information content (AvgIpc) is 2.00. The summed E-state index contributed by atoms with van der Waals surface area (Å²) in [5, 5.41) is 2.97. The van der Waals surface area contributed by atoms with Gasteiger partial charge in [-0.2, -0.15) is 9.97 Å². The second-order valence-electron chi connectivity index (χ2n) is 2.47. The molecule has 0 saturated carbocycles. The number of anilines is 1. The molecule has 0 aliphatic heterocycles. The summed E-state index contributed by atoms with van der Waals surface area (Å²) in [4.78, 5) is 18.8. The van der Waals surface area contributed by atoms with Crippen molar-refractivity contribution in [2.45, 2.75) is 13.8 Å². The molecule has 5 heteroatoms. The summed E-state index contributed by atoms with van der Waals surface area (Å²) in [7, 11) is 1.64. The smallest absolute Gasteiger partial charge is 0.351 e. The summed E-state index contributed by atoms with van der Waals surface area (Å²) in [5.74, 6) is 1.06. The van der Waals surface area contributed by atoms with Crippen LogP contribution in [-0.2, 0) is 7.05 Å². The fourth-order valence-electron chi connectivity index (χ4n) is 0.874. The summed E-state index contributed by atoms with van der Waals surface area (Å²) in [5.41, 5.74) is -0.279. The summed E-state index contributed by atoms with van der Waals surface area (Å²) >= 11 is 0. The van der Waals surface area contributed by atoms with Crippen LogP contribution >= 0.6 is 0 Å². The van der Waals surface area contributed by atoms with Crippen molar-refractivity contribution in [3.63, 3.8) is 0 Å². The molecular weight excluding hydrogens is 156 g/mol. The topological polar surface area (TPSA) is 59.8 Å². The molecule has 0 atom stereocenters. The van der Waals surface area contributed by atoms with Gasteiger partial charge in [0.25, 0.3) is 0 Å². The first kappa shape index (κ1) is 8.70. The molecule has 12 heavy (non-hydrogen) atoms. The minimum absolute atomic E-state index is 0.279. The molecule has 0 aliphatic carbocycles. The van der Waals surface area contributed by atoms with Crippen molar-refractivity contribution in [1.82, 2.24) is 14.5 Å². The Morgan fingerprint density at radius 1 is 1.50 bits per heavy atom. The van der Waals surface area contributed by atoms with E-state index in [1.807, 2.05) is 6.92 Å². The van der Waals surface area contributed by atoms with Crippen molar-refractivity contribution < 1.29 is 0 Å². The van der Waals surface area contributed by atoms with Gasteiger partial charge in [0.2, 0.25) is 5.95 Å². The zero-order valence-corrected chi connectivity index (χ0v) is 7.46. The van der Waals surface area contributed by atoms with Crippen molar-refractivity contribution in [2.75, 3.05) is 11.9 Å². The Labute approximate surface area is 70.5 Å². The molecular formula is C7H12N4O. The van der Waals surface area contributed by atoms with Gasteiger partial charge in [-0.3, -0.25) is 4.57 Å². The Hall–Kier alpha value is -1.39. The number of hydrogen-bond acceptors (Lipinski definition) is 4. The summed E-state index contributed by atoms with van der Waals surface area (Å²) in [6, 6.07) is 0. The van der Waals surface area contributed by atoms with Crippen LogP contribution < -0.4 is 11.0 Å². The van der Waals surface area contributed by atoms with Gasteiger partial charge in [0.1, 0.15) is 5.82 Å². The van der Waals surface area contributed by atoms with Gasteiger partial charge in [-0.25, -0.2) is 4.79 Å². The van der Waals surface area contributed by atoms with Gasteiger partial charge in [-0.15, -0.1) is 0 Å². The molecule has 0 unspecified atom stereocenters. The third-order valence-corrected chi connectivity index (χ3v) is 1.46. The van der Waals surface area contributed by atoms with Crippen LogP contribution in [0.4, 0.5) is 5.95 Å². The lowest BCUT2D eigenvalue weighted by molar-refractivity contribution is 0.757. The average molecular weight is 168 g/mol. The third kappa shape index (κ3) is 1.61. The van der Waals surface area contributed by atoms with E-state index in [2.05, 4.69) is 15.3 Å². The lowest BCUT2D eigenvalue weighted by Gasteiger charge is -2.06. The SMILES string of the molecule is CCNc1nc(C)nc(=O)n1C. The molecule has 0 aliphatic rings. The molecule has 1 heterocycles. The molecule has 0 radical (unpaired) electrons. The van der Waals surface area contributed by atoms with Crippen LogP contribution in [0.25, 0.3) is 0 Å². The first-order chi connectivity index (χ1) is 5.65. The number of aromatic nitrogens is 3. The highest BCUT2D eigenvalue weighted by molar-refractivity contribution is 5.23. The van der Waals surface area contributed by atoms with Crippen LogP contribution in [0.2, 0.25) is 0 Å². The number of aryl methyl sites for hydroxylation is 1. The van der Waals surface area contributed by atoms with Crippen molar-refractivity contribution in [1.29, 1.82) is 0 Å². The van der Waals surface area contributed by atoms with E-state index in [-0.39, 0.29) is 5.69 Å². The lowest BCUT2D eigenvalue weighted by atomic mass is 10.6. The van der Waals surface area contributed by atoms with E-state index >= 15 is 0 Å². The van der Waals surface area contributed by atoms with Crippen LogP contribution in [0.1, 0.15) is 12.7 Å². The minimum atomic E-state index is -0.279. The molecule has 1 aromatic rings. The van der Waals surface area contributed by atoms with E-state index < -0.39 is 0 Å². The summed E-state index contributed by atoms with van der Waals surface area (Å²) < 4.78 is 1.39. The molecule has 0 aromatic carbocycles. The van der Waals surface area contributed by atoms with Gasteiger partial charge in [-0.1, -0.05) is 0 Å². The van der Waals surface area contributed by atoms with Crippen molar-refractivity contribution in [3.8, 4) is 0 Å². The van der Waals surface area contributed by atoms with Crippen molar-refractivity contribution in [2.24, 2.45) is 7.05 Å². The first-order valence-corrected chi connectivity index (χ1v) is 3.80. The lowest BCUT2D eigenvalue weighted by Crippen LogP contribution is -2.25. The van der Waals surface area contributed by atoms with Crippen LogP contribution in [0.15, 0.2) is 4.79 Å². The highest BCUT2D eigenvalue weighted by atomic mass is 16.1. The van der Waals surface area contributed by atoms with E-state index in [9.17, 15) is 4.79 Å². The van der Waals surface area contributed by atoms with Gasteiger partial charge < -0.3 is 5.32 Å². The van der Waals surface area contributed by atoms with E-state index in [0.717, 1.165) is 6.54 Å². The van der Waals surface area contributed by atoms with E-state index in [0.29, 0.717) is 11.8 Å².